The Morgan fingerprint density at radius 3 is 2.75 bits per heavy atom. The summed E-state index contributed by atoms with van der Waals surface area (Å²) in [4.78, 5) is 10.9. The topological polar surface area (TPSA) is 47.6 Å². The molecule has 0 amide bonds. The van der Waals surface area contributed by atoms with Gasteiger partial charge in [-0.3, -0.25) is 0 Å². The lowest BCUT2D eigenvalue weighted by Gasteiger charge is -2.12. The Morgan fingerprint density at radius 1 is 1.38 bits per heavy atom. The normalized spacial score (nSPS) is 12.4. The van der Waals surface area contributed by atoms with Crippen LogP contribution >= 0.6 is 0 Å². The average molecular weight is 231 g/mol. The number of nitrogens with one attached hydrogen (secondary N) is 1. The van der Waals surface area contributed by atoms with E-state index in [0.29, 0.717) is 19.3 Å². The zero-order valence-corrected chi connectivity index (χ0v) is 10.8. The van der Waals surface area contributed by atoms with E-state index >= 15 is 0 Å². The molecule has 4 heteroatoms. The molecule has 96 valence electrons. The van der Waals surface area contributed by atoms with Gasteiger partial charge in [-0.05, 0) is 20.3 Å². The summed E-state index contributed by atoms with van der Waals surface area (Å²) in [5, 5.41) is 3.35. The van der Waals surface area contributed by atoms with Gasteiger partial charge in [0.2, 0.25) is 0 Å². The largest absolute Gasteiger partial charge is 0.464 e. The van der Waals surface area contributed by atoms with E-state index in [2.05, 4.69) is 19.2 Å². The quantitative estimate of drug-likeness (QED) is 0.459. The zero-order valence-electron chi connectivity index (χ0n) is 10.8. The Labute approximate surface area is 98.7 Å². The minimum atomic E-state index is -0.290. The molecule has 16 heavy (non-hydrogen) atoms. The van der Waals surface area contributed by atoms with Gasteiger partial charge in [-0.15, -0.1) is 0 Å². The van der Waals surface area contributed by atoms with Crippen molar-refractivity contribution in [3.8, 4) is 0 Å². The lowest BCUT2D eigenvalue weighted by molar-refractivity contribution is -0.148. The monoisotopic (exact) mass is 231 g/mol. The summed E-state index contributed by atoms with van der Waals surface area (Å²) in [6, 6.07) is 0.520. The molecule has 1 N–H and O–H groups in total. The van der Waals surface area contributed by atoms with Crippen LogP contribution < -0.4 is 5.32 Å². The molecule has 0 aromatic heterocycles. The number of carbonyl (C=O) groups is 1. The number of hydrogen-bond donors (Lipinski definition) is 1. The molecular weight excluding hydrogens is 206 g/mol. The molecule has 0 aliphatic rings. The summed E-state index contributed by atoms with van der Waals surface area (Å²) in [5.41, 5.74) is 0. The summed E-state index contributed by atoms with van der Waals surface area (Å²) in [7, 11) is 0. The highest BCUT2D eigenvalue weighted by Crippen LogP contribution is 1.98. The molecule has 0 saturated heterocycles. The van der Waals surface area contributed by atoms with Crippen LogP contribution in [0.2, 0.25) is 0 Å². The van der Waals surface area contributed by atoms with E-state index in [4.69, 9.17) is 9.47 Å². The summed E-state index contributed by atoms with van der Waals surface area (Å²) in [6.45, 7) is 7.94. The number of esters is 1. The fourth-order valence-electron chi connectivity index (χ4n) is 1.35. The number of hydrogen-bond acceptors (Lipinski definition) is 4. The van der Waals surface area contributed by atoms with E-state index < -0.39 is 0 Å². The van der Waals surface area contributed by atoms with Gasteiger partial charge in [0.15, 0.2) is 0 Å². The average Bonchev–Trinajstić information content (AvgIpc) is 2.26. The predicted octanol–water partition coefficient (Wildman–Crippen LogP) is 1.73. The Balaban J connectivity index is 3.23. The van der Waals surface area contributed by atoms with Crippen LogP contribution in [0.15, 0.2) is 0 Å². The van der Waals surface area contributed by atoms with Gasteiger partial charge in [0.1, 0.15) is 6.61 Å². The van der Waals surface area contributed by atoms with Crippen LogP contribution in [0, 0.1) is 0 Å². The summed E-state index contributed by atoms with van der Waals surface area (Å²) in [5.74, 6) is -0.290. The van der Waals surface area contributed by atoms with Crippen LogP contribution in [0.4, 0.5) is 0 Å². The van der Waals surface area contributed by atoms with Crippen LogP contribution in [0.5, 0.6) is 0 Å². The SMILES string of the molecule is CCCCC(C)NCCOCC(=O)OCC. The van der Waals surface area contributed by atoms with Crippen molar-refractivity contribution in [3.05, 3.63) is 0 Å². The number of unbranched alkanes of at least 4 members (excludes halogenated alkanes) is 1. The summed E-state index contributed by atoms with van der Waals surface area (Å²) >= 11 is 0. The fourth-order valence-corrected chi connectivity index (χ4v) is 1.35. The van der Waals surface area contributed by atoms with Crippen molar-refractivity contribution in [3.63, 3.8) is 0 Å². The second-order valence-electron chi connectivity index (χ2n) is 3.86. The van der Waals surface area contributed by atoms with Crippen molar-refractivity contribution in [1.29, 1.82) is 0 Å². The zero-order chi connectivity index (χ0) is 12.2. The van der Waals surface area contributed by atoms with Crippen molar-refractivity contribution >= 4 is 5.97 Å². The molecule has 0 saturated carbocycles. The van der Waals surface area contributed by atoms with Gasteiger partial charge in [0.25, 0.3) is 0 Å². The smallest absolute Gasteiger partial charge is 0.332 e. The molecule has 0 heterocycles. The molecule has 0 fully saturated rings. The van der Waals surface area contributed by atoms with E-state index in [-0.39, 0.29) is 12.6 Å². The third-order valence-electron chi connectivity index (χ3n) is 2.26. The Kier molecular flexibility index (Phi) is 10.5. The van der Waals surface area contributed by atoms with Crippen molar-refractivity contribution in [1.82, 2.24) is 5.32 Å². The first-order chi connectivity index (χ1) is 7.70. The van der Waals surface area contributed by atoms with Crippen molar-refractivity contribution in [2.75, 3.05) is 26.4 Å². The molecule has 0 aromatic carbocycles. The van der Waals surface area contributed by atoms with Gasteiger partial charge in [-0.25, -0.2) is 4.79 Å². The maximum atomic E-state index is 10.9. The van der Waals surface area contributed by atoms with Gasteiger partial charge in [0, 0.05) is 12.6 Å². The molecule has 0 radical (unpaired) electrons. The standard InChI is InChI=1S/C12H25NO3/c1-4-6-7-11(3)13-8-9-15-10-12(14)16-5-2/h11,13H,4-10H2,1-3H3. The highest BCUT2D eigenvalue weighted by Gasteiger charge is 2.02. The van der Waals surface area contributed by atoms with E-state index in [1.165, 1.54) is 19.3 Å². The first-order valence-corrected chi connectivity index (χ1v) is 6.17. The minimum absolute atomic E-state index is 0.0544. The molecule has 0 bridgehead atoms. The van der Waals surface area contributed by atoms with Gasteiger partial charge < -0.3 is 14.8 Å². The highest BCUT2D eigenvalue weighted by molar-refractivity contribution is 5.70. The molecule has 0 aliphatic heterocycles. The molecule has 0 aromatic rings. The van der Waals surface area contributed by atoms with Crippen LogP contribution in [-0.2, 0) is 14.3 Å². The van der Waals surface area contributed by atoms with Crippen molar-refractivity contribution < 1.29 is 14.3 Å². The number of rotatable bonds is 10. The van der Waals surface area contributed by atoms with Gasteiger partial charge in [0.05, 0.1) is 13.2 Å². The first-order valence-electron chi connectivity index (χ1n) is 6.17. The molecule has 0 rings (SSSR count). The van der Waals surface area contributed by atoms with E-state index in [1.807, 2.05) is 0 Å². The van der Waals surface area contributed by atoms with Crippen LogP contribution in [0.1, 0.15) is 40.0 Å². The molecule has 1 unspecified atom stereocenters. The highest BCUT2D eigenvalue weighted by atomic mass is 16.6. The van der Waals surface area contributed by atoms with Gasteiger partial charge >= 0.3 is 5.97 Å². The third kappa shape index (κ3) is 9.93. The molecule has 1 atom stereocenters. The summed E-state index contributed by atoms with van der Waals surface area (Å²) < 4.78 is 9.90. The minimum Gasteiger partial charge on any atom is -0.464 e. The lowest BCUT2D eigenvalue weighted by atomic mass is 10.1. The first kappa shape index (κ1) is 15.4. The maximum absolute atomic E-state index is 10.9. The number of ether oxygens (including phenoxy) is 2. The molecular formula is C12H25NO3. The summed E-state index contributed by atoms with van der Waals surface area (Å²) in [6.07, 6.45) is 3.66. The van der Waals surface area contributed by atoms with Gasteiger partial charge in [-0.2, -0.15) is 0 Å². The van der Waals surface area contributed by atoms with Gasteiger partial charge in [-0.1, -0.05) is 19.8 Å². The Morgan fingerprint density at radius 2 is 2.12 bits per heavy atom. The second-order valence-corrected chi connectivity index (χ2v) is 3.86. The lowest BCUT2D eigenvalue weighted by Crippen LogP contribution is -2.30. The Hall–Kier alpha value is -0.610. The van der Waals surface area contributed by atoms with E-state index in [1.54, 1.807) is 6.92 Å². The van der Waals surface area contributed by atoms with E-state index in [9.17, 15) is 4.79 Å². The molecule has 4 nitrogen and oxygen atoms in total. The van der Waals surface area contributed by atoms with Crippen LogP contribution in [-0.4, -0.2) is 38.4 Å². The molecule has 0 aliphatic carbocycles. The number of carbonyl (C=O) groups excluding carboxylic acids is 1. The van der Waals surface area contributed by atoms with Crippen molar-refractivity contribution in [2.45, 2.75) is 46.1 Å². The fraction of sp³-hybridized carbons (Fsp3) is 0.917. The second kappa shape index (κ2) is 10.9. The van der Waals surface area contributed by atoms with Crippen molar-refractivity contribution in [2.24, 2.45) is 0 Å². The predicted molar refractivity (Wildman–Crippen MR) is 64.4 cm³/mol. The van der Waals surface area contributed by atoms with Crippen LogP contribution in [0.25, 0.3) is 0 Å². The Bertz CT molecular complexity index is 174. The van der Waals surface area contributed by atoms with E-state index in [0.717, 1.165) is 6.54 Å². The van der Waals surface area contributed by atoms with Crippen LogP contribution in [0.3, 0.4) is 0 Å². The third-order valence-corrected chi connectivity index (χ3v) is 2.26. The molecule has 0 spiro atoms. The maximum Gasteiger partial charge on any atom is 0.332 e.